The zero-order valence-electron chi connectivity index (χ0n) is 14.6. The third-order valence-corrected chi connectivity index (χ3v) is 4.92. The van der Waals surface area contributed by atoms with E-state index in [2.05, 4.69) is 15.5 Å². The Morgan fingerprint density at radius 3 is 2.38 bits per heavy atom. The molecule has 1 atom stereocenters. The Hall–Kier alpha value is -2.53. The molecule has 134 valence electrons. The zero-order valence-corrected chi connectivity index (χ0v) is 14.6. The molecule has 4 rings (SSSR count). The standard InChI is InChI=1S/C21H22FN3O/c22-17-13-11-15(12-14-17)19(23-18-9-5-2-6-10-18)21-25-24-20(26-21)16-7-3-1-4-8-16/h1,3-4,7-8,11-14,18-19,23H,2,5-6,9-10H2. The molecule has 0 radical (unpaired) electrons. The van der Waals surface area contributed by atoms with Crippen molar-refractivity contribution < 1.29 is 8.81 Å². The summed E-state index contributed by atoms with van der Waals surface area (Å²) in [6, 6.07) is 16.4. The van der Waals surface area contributed by atoms with E-state index in [1.807, 2.05) is 30.3 Å². The van der Waals surface area contributed by atoms with Crippen LogP contribution >= 0.6 is 0 Å². The van der Waals surface area contributed by atoms with Crippen molar-refractivity contribution in [2.24, 2.45) is 0 Å². The van der Waals surface area contributed by atoms with Crippen LogP contribution in [0.25, 0.3) is 11.5 Å². The monoisotopic (exact) mass is 351 g/mol. The Kier molecular flexibility index (Phi) is 5.07. The number of rotatable bonds is 5. The van der Waals surface area contributed by atoms with Gasteiger partial charge in [-0.05, 0) is 42.7 Å². The molecule has 0 amide bonds. The van der Waals surface area contributed by atoms with Gasteiger partial charge in [-0.3, -0.25) is 5.32 Å². The smallest absolute Gasteiger partial charge is 0.247 e. The maximum atomic E-state index is 13.4. The molecule has 1 aliphatic rings. The first-order valence-electron chi connectivity index (χ1n) is 9.20. The molecule has 1 N–H and O–H groups in total. The van der Waals surface area contributed by atoms with E-state index in [4.69, 9.17) is 4.42 Å². The van der Waals surface area contributed by atoms with Gasteiger partial charge in [-0.25, -0.2) is 4.39 Å². The van der Waals surface area contributed by atoms with Gasteiger partial charge in [0.15, 0.2) is 0 Å². The molecule has 26 heavy (non-hydrogen) atoms. The van der Waals surface area contributed by atoms with Gasteiger partial charge in [0.25, 0.3) is 0 Å². The average molecular weight is 351 g/mol. The molecule has 1 fully saturated rings. The van der Waals surface area contributed by atoms with E-state index in [0.717, 1.165) is 24.0 Å². The van der Waals surface area contributed by atoms with Crippen molar-refractivity contribution in [1.29, 1.82) is 0 Å². The third kappa shape index (κ3) is 3.83. The number of hydrogen-bond donors (Lipinski definition) is 1. The molecule has 3 aromatic rings. The lowest BCUT2D eigenvalue weighted by atomic mass is 9.94. The summed E-state index contributed by atoms with van der Waals surface area (Å²) < 4.78 is 19.3. The Bertz CT molecular complexity index is 826. The SMILES string of the molecule is Fc1ccc(C(NC2CCCCC2)c2nnc(-c3ccccc3)o2)cc1. The summed E-state index contributed by atoms with van der Waals surface area (Å²) in [5.74, 6) is 0.764. The lowest BCUT2D eigenvalue weighted by Gasteiger charge is -2.27. The second kappa shape index (κ2) is 7.79. The van der Waals surface area contributed by atoms with Crippen LogP contribution < -0.4 is 5.32 Å². The van der Waals surface area contributed by atoms with Crippen molar-refractivity contribution in [3.05, 3.63) is 71.9 Å². The molecule has 1 heterocycles. The minimum Gasteiger partial charge on any atom is -0.419 e. The number of hydrogen-bond acceptors (Lipinski definition) is 4. The highest BCUT2D eigenvalue weighted by Crippen LogP contribution is 2.28. The van der Waals surface area contributed by atoms with Gasteiger partial charge in [-0.2, -0.15) is 0 Å². The molecular formula is C21H22FN3O. The van der Waals surface area contributed by atoms with Crippen LogP contribution in [-0.2, 0) is 0 Å². The van der Waals surface area contributed by atoms with Crippen molar-refractivity contribution in [3.63, 3.8) is 0 Å². The topological polar surface area (TPSA) is 51.0 Å². The number of nitrogens with zero attached hydrogens (tertiary/aromatic N) is 2. The maximum Gasteiger partial charge on any atom is 0.247 e. The summed E-state index contributed by atoms with van der Waals surface area (Å²) >= 11 is 0. The molecule has 2 aromatic carbocycles. The number of halogens is 1. The fourth-order valence-corrected chi connectivity index (χ4v) is 3.52. The van der Waals surface area contributed by atoms with Crippen LogP contribution in [0.5, 0.6) is 0 Å². The van der Waals surface area contributed by atoms with E-state index in [0.29, 0.717) is 17.8 Å². The van der Waals surface area contributed by atoms with Crippen LogP contribution in [0.1, 0.15) is 49.6 Å². The Labute approximate surface area is 152 Å². The van der Waals surface area contributed by atoms with Gasteiger partial charge < -0.3 is 4.42 Å². The highest BCUT2D eigenvalue weighted by Gasteiger charge is 2.25. The largest absolute Gasteiger partial charge is 0.419 e. The van der Waals surface area contributed by atoms with Gasteiger partial charge in [0.05, 0.1) is 0 Å². The highest BCUT2D eigenvalue weighted by atomic mass is 19.1. The normalized spacial score (nSPS) is 16.5. The molecule has 1 saturated carbocycles. The Morgan fingerprint density at radius 1 is 0.923 bits per heavy atom. The van der Waals surface area contributed by atoms with Crippen LogP contribution in [0.2, 0.25) is 0 Å². The Morgan fingerprint density at radius 2 is 1.65 bits per heavy atom. The number of aromatic nitrogens is 2. The maximum absolute atomic E-state index is 13.4. The van der Waals surface area contributed by atoms with Crippen LogP contribution in [0, 0.1) is 5.82 Å². The summed E-state index contributed by atoms with van der Waals surface area (Å²) in [7, 11) is 0. The second-order valence-corrected chi connectivity index (χ2v) is 6.80. The van der Waals surface area contributed by atoms with E-state index >= 15 is 0 Å². The fourth-order valence-electron chi connectivity index (χ4n) is 3.52. The van der Waals surface area contributed by atoms with Gasteiger partial charge in [0.2, 0.25) is 11.8 Å². The highest BCUT2D eigenvalue weighted by molar-refractivity contribution is 5.51. The van der Waals surface area contributed by atoms with Crippen molar-refractivity contribution in [2.75, 3.05) is 0 Å². The van der Waals surface area contributed by atoms with E-state index < -0.39 is 0 Å². The molecule has 0 bridgehead atoms. The molecule has 1 unspecified atom stereocenters. The molecule has 4 nitrogen and oxygen atoms in total. The molecule has 0 spiro atoms. The second-order valence-electron chi connectivity index (χ2n) is 6.80. The van der Waals surface area contributed by atoms with Gasteiger partial charge in [-0.15, -0.1) is 10.2 Å². The molecular weight excluding hydrogens is 329 g/mol. The summed E-state index contributed by atoms with van der Waals surface area (Å²) in [5, 5.41) is 12.2. The van der Waals surface area contributed by atoms with Gasteiger partial charge >= 0.3 is 0 Å². The lowest BCUT2D eigenvalue weighted by molar-refractivity contribution is 0.329. The number of nitrogens with one attached hydrogen (secondary N) is 1. The van der Waals surface area contributed by atoms with Gasteiger partial charge in [-0.1, -0.05) is 49.6 Å². The van der Waals surface area contributed by atoms with E-state index in [1.165, 1.54) is 31.4 Å². The van der Waals surface area contributed by atoms with Crippen LogP contribution in [0.15, 0.2) is 59.0 Å². The predicted molar refractivity (Wildman–Crippen MR) is 98.0 cm³/mol. The minimum absolute atomic E-state index is 0.233. The molecule has 1 aromatic heterocycles. The van der Waals surface area contributed by atoms with Crippen LogP contribution in [0.3, 0.4) is 0 Å². The van der Waals surface area contributed by atoms with Crippen molar-refractivity contribution in [3.8, 4) is 11.5 Å². The van der Waals surface area contributed by atoms with Gasteiger partial charge in [0, 0.05) is 11.6 Å². The molecule has 1 aliphatic carbocycles. The van der Waals surface area contributed by atoms with E-state index in [-0.39, 0.29) is 11.9 Å². The van der Waals surface area contributed by atoms with Crippen LogP contribution in [0.4, 0.5) is 4.39 Å². The minimum atomic E-state index is -0.249. The van der Waals surface area contributed by atoms with Gasteiger partial charge in [0.1, 0.15) is 11.9 Å². The summed E-state index contributed by atoms with van der Waals surface area (Å²) in [4.78, 5) is 0. The summed E-state index contributed by atoms with van der Waals surface area (Å²) in [5.41, 5.74) is 1.82. The summed E-state index contributed by atoms with van der Waals surface area (Å²) in [6.07, 6.45) is 6.02. The molecule has 5 heteroatoms. The lowest BCUT2D eigenvalue weighted by Crippen LogP contribution is -2.35. The average Bonchev–Trinajstić information content (AvgIpc) is 3.18. The fraction of sp³-hybridized carbons (Fsp3) is 0.333. The van der Waals surface area contributed by atoms with Crippen molar-refractivity contribution >= 4 is 0 Å². The summed E-state index contributed by atoms with van der Waals surface area (Å²) in [6.45, 7) is 0. The van der Waals surface area contributed by atoms with Crippen LogP contribution in [-0.4, -0.2) is 16.2 Å². The first-order valence-corrected chi connectivity index (χ1v) is 9.20. The predicted octanol–water partition coefficient (Wildman–Crippen LogP) is 4.89. The first kappa shape index (κ1) is 16.9. The quantitative estimate of drug-likeness (QED) is 0.711. The third-order valence-electron chi connectivity index (χ3n) is 4.92. The number of benzene rings is 2. The van der Waals surface area contributed by atoms with E-state index in [1.54, 1.807) is 12.1 Å². The van der Waals surface area contributed by atoms with E-state index in [9.17, 15) is 4.39 Å². The van der Waals surface area contributed by atoms with Crippen molar-refractivity contribution in [1.82, 2.24) is 15.5 Å². The zero-order chi connectivity index (χ0) is 17.8. The first-order chi connectivity index (χ1) is 12.8. The molecule has 0 saturated heterocycles. The molecule has 0 aliphatic heterocycles. The Balaban J connectivity index is 1.63. The van der Waals surface area contributed by atoms with Crippen molar-refractivity contribution in [2.45, 2.75) is 44.2 Å².